The van der Waals surface area contributed by atoms with E-state index < -0.39 is 5.97 Å². The van der Waals surface area contributed by atoms with Gasteiger partial charge in [-0.05, 0) is 121 Å². The maximum atomic E-state index is 11.2. The van der Waals surface area contributed by atoms with Crippen LogP contribution in [0.25, 0.3) is 0 Å². The number of hydrogen-bond donors (Lipinski definition) is 1. The molecule has 94 heavy (non-hydrogen) atoms. The summed E-state index contributed by atoms with van der Waals surface area (Å²) >= 11 is 0. The third kappa shape index (κ3) is 239. The van der Waals surface area contributed by atoms with Gasteiger partial charge in [0.1, 0.15) is 23.1 Å². The van der Waals surface area contributed by atoms with Gasteiger partial charge in [0, 0.05) is 72.9 Å². The second kappa shape index (κ2) is 128. The summed E-state index contributed by atoms with van der Waals surface area (Å²) < 4.78 is 26.2. The maximum absolute atomic E-state index is 11.2. The third-order valence-electron chi connectivity index (χ3n) is 7.00. The largest absolute Gasteiger partial charge is 0.469 e. The van der Waals surface area contributed by atoms with Crippen molar-refractivity contribution in [3.8, 4) is 0 Å². The van der Waals surface area contributed by atoms with Gasteiger partial charge in [0.25, 0.3) is 0 Å². The van der Waals surface area contributed by atoms with Crippen LogP contribution in [0.4, 0.5) is 0 Å². The minimum Gasteiger partial charge on any atom is -0.469 e. The van der Waals surface area contributed by atoms with E-state index in [4.69, 9.17) is 5.11 Å². The number of ketones is 5. The van der Waals surface area contributed by atoms with Crippen molar-refractivity contribution in [2.75, 3.05) is 62.4 Å². The SMILES string of the molecule is C.C.CC.CC.CC.CC.CC.CC.CC.CC(=O)CC(C)(C)C.CC(C)=O.CC(C)=O.CCC.CCC(C)O.CCCC(C)=O.CCOC.CCOC(C)=O.CN1CCCC1=O.COC(=O)C(C)(C)C.COC(=O)c1ccccc1C(C)=O.COC(C)=O.COC(C)=O. The average Bonchev–Trinajstić information content (AvgIpc) is 3.91. The van der Waals surface area contributed by atoms with Crippen molar-refractivity contribution in [1.82, 2.24) is 4.90 Å². The molecule has 19 heteroatoms. The number of Topliss-reactive ketones (excluding diaryl/α,β-unsaturated/α-hetero) is 5. The quantitative estimate of drug-likeness (QED) is 0.144. The van der Waals surface area contributed by atoms with Crippen molar-refractivity contribution in [1.29, 1.82) is 0 Å². The lowest BCUT2D eigenvalue weighted by Gasteiger charge is -2.14. The first-order valence-electron chi connectivity index (χ1n) is 32.8. The number of rotatable bonds is 8. The summed E-state index contributed by atoms with van der Waals surface area (Å²) in [7, 11) is 8.91. The van der Waals surface area contributed by atoms with Crippen LogP contribution in [-0.4, -0.2) is 143 Å². The predicted molar refractivity (Wildman–Crippen MR) is 405 cm³/mol. The topological polar surface area (TPSA) is 267 Å². The van der Waals surface area contributed by atoms with Crippen LogP contribution < -0.4 is 0 Å². The van der Waals surface area contributed by atoms with Crippen LogP contribution in [0.2, 0.25) is 0 Å². The van der Waals surface area contributed by atoms with E-state index in [9.17, 15) is 52.7 Å². The van der Waals surface area contributed by atoms with Gasteiger partial charge in [0.05, 0.1) is 52.1 Å². The van der Waals surface area contributed by atoms with Crippen molar-refractivity contribution in [3.05, 3.63) is 35.4 Å². The summed E-state index contributed by atoms with van der Waals surface area (Å²) in [6, 6.07) is 6.58. The Labute approximate surface area is 584 Å². The molecule has 576 valence electrons. The predicted octanol–water partition coefficient (Wildman–Crippen LogP) is 19.9. The van der Waals surface area contributed by atoms with Crippen molar-refractivity contribution < 1.29 is 86.3 Å². The zero-order valence-corrected chi connectivity index (χ0v) is 68.3. The van der Waals surface area contributed by atoms with E-state index in [2.05, 4.69) is 63.0 Å². The van der Waals surface area contributed by atoms with E-state index in [1.165, 1.54) is 90.2 Å². The second-order valence-electron chi connectivity index (χ2n) is 18.8. The Morgan fingerprint density at radius 3 is 0.883 bits per heavy atom. The number of methoxy groups -OCH3 is 5. The number of ether oxygens (including phenoxy) is 6. The Morgan fingerprint density at radius 1 is 0.521 bits per heavy atom. The highest BCUT2D eigenvalue weighted by Gasteiger charge is 2.21. The molecule has 0 bridgehead atoms. The maximum Gasteiger partial charge on any atom is 0.338 e. The first-order chi connectivity index (χ1) is 42.5. The molecule has 1 aliphatic rings. The van der Waals surface area contributed by atoms with Crippen molar-refractivity contribution >= 4 is 64.7 Å². The van der Waals surface area contributed by atoms with E-state index in [1.54, 1.807) is 64.0 Å². The fourth-order valence-electron chi connectivity index (χ4n) is 3.47. The van der Waals surface area contributed by atoms with Crippen LogP contribution in [0, 0.1) is 10.8 Å². The van der Waals surface area contributed by atoms with Gasteiger partial charge in [0.15, 0.2) is 5.78 Å². The standard InChI is InChI=1S/C10H10O3.C7H14O.C6H12O2.C5H9NO.C5H10O.C4H8O2.C4H10O.2C3H6O2.C3H8O.2C3H6O.C3H8.7C2H6.2CH4/c1-7(11)8-5-3-4-6-9(8)10(12)13-2;1-6(8)5-7(2,3)4;1-6(2,3)5(7)8-4;1-6-4-2-3-5(6)7;1-3-4-5(2)6;1-3-6-4(2)5;1-3-4(2)5;2*1-3(4)5-2;1-3-4-2;2*1-3(2)4;1-3-2;7*1-2;;/h3-6H,1-2H3;5H2,1-4H3;1-4H3;2-4H2,1H3;3-4H2,1-2H3;3H2,1-2H3;4-5H,3H2,1-2H3;2*1-2H3;3H2,1-2H3;2*1-2H3;3H2,1-2H3;7*1-2H3;2*1H4. The van der Waals surface area contributed by atoms with Gasteiger partial charge in [0.2, 0.25) is 5.91 Å². The summed E-state index contributed by atoms with van der Waals surface area (Å²) in [5.74, 6) is -0.299. The molecule has 0 aromatic heterocycles. The summed E-state index contributed by atoms with van der Waals surface area (Å²) in [4.78, 5) is 114. The van der Waals surface area contributed by atoms with Gasteiger partial charge < -0.3 is 57.6 Å². The molecule has 1 aromatic carbocycles. The normalized spacial score (nSPS) is 8.85. The van der Waals surface area contributed by atoms with Crippen LogP contribution in [0.1, 0.15) is 337 Å². The van der Waals surface area contributed by atoms with Gasteiger partial charge in [-0.3, -0.25) is 28.8 Å². The Morgan fingerprint density at radius 2 is 0.809 bits per heavy atom. The lowest BCUT2D eigenvalue weighted by atomic mass is 9.91. The van der Waals surface area contributed by atoms with Crippen LogP contribution >= 0.6 is 0 Å². The summed E-state index contributed by atoms with van der Waals surface area (Å²) in [5, 5.41) is 8.36. The number of aliphatic hydroxyl groups is 1. The number of hydrogen-bond acceptors (Lipinski definition) is 18. The number of likely N-dealkylation sites (tertiary alicyclic amines) is 1. The summed E-state index contributed by atoms with van der Waals surface area (Å²) in [6.07, 6.45) is 6.21. The molecule has 1 aromatic rings. The highest BCUT2D eigenvalue weighted by atomic mass is 16.5. The number of amides is 1. The van der Waals surface area contributed by atoms with Crippen molar-refractivity contribution in [3.63, 3.8) is 0 Å². The van der Waals surface area contributed by atoms with E-state index in [1.807, 2.05) is 146 Å². The molecule has 1 unspecified atom stereocenters. The summed E-state index contributed by atoms with van der Waals surface area (Å²) in [5.41, 5.74) is 0.535. The van der Waals surface area contributed by atoms with Crippen LogP contribution in [-0.2, 0) is 71.6 Å². The highest BCUT2D eigenvalue weighted by Crippen LogP contribution is 2.18. The second-order valence-corrected chi connectivity index (χ2v) is 18.8. The molecule has 1 heterocycles. The first kappa shape index (κ1) is 144. The van der Waals surface area contributed by atoms with Crippen LogP contribution in [0.5, 0.6) is 0 Å². The number of aliphatic hydroxyl groups excluding tert-OH is 1. The Hall–Kier alpha value is -5.69. The lowest BCUT2D eigenvalue weighted by Crippen LogP contribution is -2.21. The third-order valence-corrected chi connectivity index (χ3v) is 7.00. The van der Waals surface area contributed by atoms with Crippen LogP contribution in [0.3, 0.4) is 0 Å². The molecular weight excluding hydrogens is 1200 g/mol. The number of carbonyl (C=O) groups excluding carboxylic acids is 11. The minimum atomic E-state index is -0.481. The van der Waals surface area contributed by atoms with Crippen molar-refractivity contribution in [2.24, 2.45) is 10.8 Å². The minimum absolute atomic E-state index is 0. The molecule has 1 aliphatic heterocycles. The van der Waals surface area contributed by atoms with Gasteiger partial charge >= 0.3 is 29.8 Å². The summed E-state index contributed by atoms with van der Waals surface area (Å²) in [6.45, 7) is 70.5. The fraction of sp³-hybridized carbons (Fsp3) is 0.773. The molecule has 1 amide bonds. The average molecular weight is 1370 g/mol. The van der Waals surface area contributed by atoms with E-state index in [0.717, 1.165) is 45.3 Å². The van der Waals surface area contributed by atoms with E-state index in [-0.39, 0.29) is 84.6 Å². The molecular formula is C75H163NO18. The Kier molecular flexibility index (Phi) is 196. The number of esters is 5. The molecule has 2 rings (SSSR count). The highest BCUT2D eigenvalue weighted by molar-refractivity contribution is 6.05. The number of nitrogens with zero attached hydrogens (tertiary/aromatic N) is 1. The molecule has 0 aliphatic carbocycles. The van der Waals surface area contributed by atoms with Crippen LogP contribution in [0.15, 0.2) is 24.3 Å². The lowest BCUT2D eigenvalue weighted by molar-refractivity contribution is -0.149. The number of benzene rings is 1. The fourth-order valence-corrected chi connectivity index (χ4v) is 3.47. The molecule has 1 N–H and O–H groups in total. The zero-order valence-electron chi connectivity index (χ0n) is 68.3. The number of carbonyl (C=O) groups is 11. The van der Waals surface area contributed by atoms with Gasteiger partial charge in [-0.25, -0.2) is 4.79 Å². The van der Waals surface area contributed by atoms with Crippen molar-refractivity contribution in [2.45, 2.75) is 322 Å². The molecule has 1 atom stereocenters. The molecule has 1 saturated heterocycles. The zero-order chi connectivity index (χ0) is 78.8. The van der Waals surface area contributed by atoms with Gasteiger partial charge in [-0.2, -0.15) is 0 Å². The molecule has 0 spiro atoms. The molecule has 19 nitrogen and oxygen atoms in total. The van der Waals surface area contributed by atoms with Gasteiger partial charge in [-0.15, -0.1) is 0 Å². The Bertz CT molecular complexity index is 1630. The Balaban J connectivity index is -0.0000000350. The van der Waals surface area contributed by atoms with Gasteiger partial charge in [-0.1, -0.05) is 185 Å². The van der Waals surface area contributed by atoms with E-state index in [0.29, 0.717) is 30.1 Å². The smallest absolute Gasteiger partial charge is 0.338 e. The molecule has 0 radical (unpaired) electrons. The first-order valence-corrected chi connectivity index (χ1v) is 32.8. The van der Waals surface area contributed by atoms with E-state index >= 15 is 0 Å². The molecule has 1 fully saturated rings. The monoisotopic (exact) mass is 1370 g/mol. The molecule has 0 saturated carbocycles.